The zero-order valence-corrected chi connectivity index (χ0v) is 12.3. The van der Waals surface area contributed by atoms with Crippen LogP contribution in [-0.4, -0.2) is 30.4 Å². The van der Waals surface area contributed by atoms with Crippen LogP contribution in [0.25, 0.3) is 0 Å². The van der Waals surface area contributed by atoms with Crippen molar-refractivity contribution in [3.8, 4) is 0 Å². The molecule has 0 amide bonds. The van der Waals surface area contributed by atoms with Gasteiger partial charge in [0.2, 0.25) is 5.89 Å². The largest absolute Gasteiger partial charge is 0.383 e. The Morgan fingerprint density at radius 2 is 2.10 bits per heavy atom. The third-order valence-electron chi connectivity index (χ3n) is 4.19. The number of hydrogen-bond acceptors (Lipinski definition) is 5. The van der Waals surface area contributed by atoms with E-state index < -0.39 is 0 Å². The van der Waals surface area contributed by atoms with Crippen LogP contribution in [0.4, 0.5) is 0 Å². The first-order valence-corrected chi connectivity index (χ1v) is 7.43. The molecule has 1 N–H and O–H groups in total. The number of nitrogens with one attached hydrogen (secondary N) is 1. The minimum absolute atomic E-state index is 0.0461. The minimum atomic E-state index is -0.0461. The van der Waals surface area contributed by atoms with Gasteiger partial charge in [0.15, 0.2) is 5.82 Å². The van der Waals surface area contributed by atoms with Crippen molar-refractivity contribution in [2.75, 3.05) is 20.3 Å². The van der Waals surface area contributed by atoms with Gasteiger partial charge >= 0.3 is 0 Å². The molecule has 5 nitrogen and oxygen atoms in total. The van der Waals surface area contributed by atoms with E-state index in [0.29, 0.717) is 19.0 Å². The van der Waals surface area contributed by atoms with Crippen LogP contribution in [0, 0.1) is 0 Å². The summed E-state index contributed by atoms with van der Waals surface area (Å²) in [5, 5.41) is 7.45. The molecule has 1 aromatic carbocycles. The Balaban J connectivity index is 1.72. The highest BCUT2D eigenvalue weighted by atomic mass is 16.5. The molecule has 0 saturated heterocycles. The van der Waals surface area contributed by atoms with E-state index in [-0.39, 0.29) is 5.41 Å². The van der Waals surface area contributed by atoms with Crippen molar-refractivity contribution in [1.29, 1.82) is 0 Å². The summed E-state index contributed by atoms with van der Waals surface area (Å²) in [6.07, 6.45) is 3.39. The van der Waals surface area contributed by atoms with Crippen molar-refractivity contribution in [2.45, 2.75) is 31.2 Å². The molecule has 0 aliphatic heterocycles. The monoisotopic (exact) mass is 287 g/mol. The van der Waals surface area contributed by atoms with Crippen molar-refractivity contribution < 1.29 is 9.26 Å². The fourth-order valence-corrected chi connectivity index (χ4v) is 2.82. The molecule has 21 heavy (non-hydrogen) atoms. The highest BCUT2D eigenvalue weighted by Gasteiger charge is 2.44. The van der Waals surface area contributed by atoms with Crippen molar-refractivity contribution in [3.63, 3.8) is 0 Å². The standard InChI is InChI=1S/C16H21N3O2/c1-20-11-10-17-12-14-18-15(19-21-14)16(8-5-9-16)13-6-3-2-4-7-13/h2-4,6-7,17H,5,8-12H2,1H3. The molecule has 0 atom stereocenters. The van der Waals surface area contributed by atoms with E-state index in [1.807, 2.05) is 6.07 Å². The summed E-state index contributed by atoms with van der Waals surface area (Å²) < 4.78 is 10.4. The second-order valence-electron chi connectivity index (χ2n) is 5.48. The zero-order chi connectivity index (χ0) is 14.5. The lowest BCUT2D eigenvalue weighted by molar-refractivity contribution is 0.197. The number of ether oxygens (including phenoxy) is 1. The van der Waals surface area contributed by atoms with Crippen LogP contribution in [0.5, 0.6) is 0 Å². The number of aromatic nitrogens is 2. The summed E-state index contributed by atoms with van der Waals surface area (Å²) >= 11 is 0. The lowest BCUT2D eigenvalue weighted by Crippen LogP contribution is -2.36. The van der Waals surface area contributed by atoms with Gasteiger partial charge in [0.1, 0.15) is 0 Å². The summed E-state index contributed by atoms with van der Waals surface area (Å²) in [4.78, 5) is 4.60. The van der Waals surface area contributed by atoms with Gasteiger partial charge in [-0.2, -0.15) is 4.98 Å². The molecule has 5 heteroatoms. The van der Waals surface area contributed by atoms with Gasteiger partial charge in [-0.15, -0.1) is 0 Å². The molecule has 0 spiro atoms. The van der Waals surface area contributed by atoms with E-state index >= 15 is 0 Å². The second-order valence-corrected chi connectivity index (χ2v) is 5.48. The maximum atomic E-state index is 5.38. The number of nitrogens with zero attached hydrogens (tertiary/aromatic N) is 2. The van der Waals surface area contributed by atoms with Gasteiger partial charge in [0.05, 0.1) is 18.6 Å². The maximum Gasteiger partial charge on any atom is 0.240 e. The predicted molar refractivity (Wildman–Crippen MR) is 79.0 cm³/mol. The Labute approximate surface area is 124 Å². The average molecular weight is 287 g/mol. The molecule has 2 aromatic rings. The Kier molecular flexibility index (Phi) is 4.31. The van der Waals surface area contributed by atoms with Crippen LogP contribution in [-0.2, 0) is 16.7 Å². The van der Waals surface area contributed by atoms with Crippen LogP contribution in [0.2, 0.25) is 0 Å². The molecule has 1 heterocycles. The Morgan fingerprint density at radius 1 is 1.29 bits per heavy atom. The molecular formula is C16H21N3O2. The summed E-state index contributed by atoms with van der Waals surface area (Å²) in [5.74, 6) is 1.46. The molecule has 1 fully saturated rings. The maximum absolute atomic E-state index is 5.38. The highest BCUT2D eigenvalue weighted by molar-refractivity contribution is 5.35. The van der Waals surface area contributed by atoms with Crippen LogP contribution in [0.1, 0.15) is 36.5 Å². The topological polar surface area (TPSA) is 60.2 Å². The van der Waals surface area contributed by atoms with Crippen molar-refractivity contribution in [2.24, 2.45) is 0 Å². The Bertz CT molecular complexity index is 564. The summed E-state index contributed by atoms with van der Waals surface area (Å²) in [6.45, 7) is 2.04. The second kappa shape index (κ2) is 6.37. The highest BCUT2D eigenvalue weighted by Crippen LogP contribution is 2.47. The third-order valence-corrected chi connectivity index (χ3v) is 4.19. The number of rotatable bonds is 7. The number of methoxy groups -OCH3 is 1. The quantitative estimate of drug-likeness (QED) is 0.792. The first-order valence-electron chi connectivity index (χ1n) is 7.43. The smallest absolute Gasteiger partial charge is 0.240 e. The fourth-order valence-electron chi connectivity index (χ4n) is 2.82. The minimum Gasteiger partial charge on any atom is -0.383 e. The van der Waals surface area contributed by atoms with Gasteiger partial charge in [-0.25, -0.2) is 0 Å². The van der Waals surface area contributed by atoms with Crippen LogP contribution in [0.15, 0.2) is 34.9 Å². The Morgan fingerprint density at radius 3 is 2.76 bits per heavy atom. The van der Waals surface area contributed by atoms with Crippen molar-refractivity contribution in [1.82, 2.24) is 15.5 Å². The van der Waals surface area contributed by atoms with Gasteiger partial charge in [-0.05, 0) is 18.4 Å². The summed E-state index contributed by atoms with van der Waals surface area (Å²) in [6, 6.07) is 10.5. The van der Waals surface area contributed by atoms with Gasteiger partial charge in [0.25, 0.3) is 0 Å². The number of hydrogen-bond donors (Lipinski definition) is 1. The summed E-state index contributed by atoms with van der Waals surface area (Å²) in [7, 11) is 1.69. The first-order chi connectivity index (χ1) is 10.3. The molecule has 1 aliphatic carbocycles. The fraction of sp³-hybridized carbons (Fsp3) is 0.500. The molecule has 0 radical (unpaired) electrons. The van der Waals surface area contributed by atoms with E-state index in [1.165, 1.54) is 12.0 Å². The molecule has 1 aromatic heterocycles. The third kappa shape index (κ3) is 2.84. The zero-order valence-electron chi connectivity index (χ0n) is 12.3. The first kappa shape index (κ1) is 14.2. The normalized spacial score (nSPS) is 16.6. The molecule has 112 valence electrons. The van der Waals surface area contributed by atoms with E-state index in [1.54, 1.807) is 7.11 Å². The number of benzene rings is 1. The average Bonchev–Trinajstić information content (AvgIpc) is 2.93. The molecule has 1 aliphatic rings. The van der Waals surface area contributed by atoms with Crippen molar-refractivity contribution >= 4 is 0 Å². The van der Waals surface area contributed by atoms with E-state index in [0.717, 1.165) is 25.2 Å². The van der Waals surface area contributed by atoms with Gasteiger partial charge < -0.3 is 14.6 Å². The van der Waals surface area contributed by atoms with Gasteiger partial charge in [0, 0.05) is 13.7 Å². The SMILES string of the molecule is COCCNCc1nc(C2(c3ccccc3)CCC2)no1. The van der Waals surface area contributed by atoms with Crippen LogP contribution >= 0.6 is 0 Å². The Hall–Kier alpha value is -1.72. The van der Waals surface area contributed by atoms with Crippen molar-refractivity contribution in [3.05, 3.63) is 47.6 Å². The molecule has 0 unspecified atom stereocenters. The van der Waals surface area contributed by atoms with E-state index in [4.69, 9.17) is 9.26 Å². The van der Waals surface area contributed by atoms with Gasteiger partial charge in [-0.1, -0.05) is 41.9 Å². The lowest BCUT2D eigenvalue weighted by atomic mass is 9.64. The van der Waals surface area contributed by atoms with Crippen LogP contribution < -0.4 is 5.32 Å². The van der Waals surface area contributed by atoms with E-state index in [2.05, 4.69) is 39.7 Å². The predicted octanol–water partition coefficient (Wildman–Crippen LogP) is 2.28. The van der Waals surface area contributed by atoms with E-state index in [9.17, 15) is 0 Å². The van der Waals surface area contributed by atoms with Crippen LogP contribution in [0.3, 0.4) is 0 Å². The molecule has 1 saturated carbocycles. The van der Waals surface area contributed by atoms with Gasteiger partial charge in [-0.3, -0.25) is 0 Å². The summed E-state index contributed by atoms with van der Waals surface area (Å²) in [5.41, 5.74) is 1.24. The molecule has 0 bridgehead atoms. The lowest BCUT2D eigenvalue weighted by Gasteiger charge is -2.39. The molecular weight excluding hydrogens is 266 g/mol. The molecule has 3 rings (SSSR count).